The van der Waals surface area contributed by atoms with Gasteiger partial charge in [-0.25, -0.2) is 0 Å². The van der Waals surface area contributed by atoms with Crippen LogP contribution in [0.4, 0.5) is 0 Å². The van der Waals surface area contributed by atoms with E-state index in [9.17, 15) is 14.7 Å². The van der Waals surface area contributed by atoms with Crippen molar-refractivity contribution in [1.29, 1.82) is 0 Å². The van der Waals surface area contributed by atoms with Crippen LogP contribution in [0.5, 0.6) is 5.75 Å². The normalized spacial score (nSPS) is 12.7. The van der Waals surface area contributed by atoms with Crippen LogP contribution in [0, 0.1) is 19.3 Å². The zero-order chi connectivity index (χ0) is 26.4. The number of nitrogens with one attached hydrogen (secondary N) is 1. The van der Waals surface area contributed by atoms with Crippen molar-refractivity contribution >= 4 is 11.9 Å². The molecule has 0 bridgehead atoms. The number of ether oxygens (including phenoxy) is 2. The molecule has 0 unspecified atom stereocenters. The second-order valence-corrected chi connectivity index (χ2v) is 10.3. The molecule has 0 fully saturated rings. The standard InChI is InChI=1S/C29H41NO5/c1-9-29(10-2,21-11-13-23(19(3)15-21)27(33)30-17-26(32)34-8)22-12-14-24(20(4)16-22)35-18-25(31)28(5,6)7/h11-16,25,31H,9-10,17-18H2,1-8H3,(H,30,33)/t25-/m1/s1. The van der Waals surface area contributed by atoms with Crippen LogP contribution in [0.2, 0.25) is 0 Å². The lowest BCUT2D eigenvalue weighted by Crippen LogP contribution is -2.32. The molecule has 0 aliphatic rings. The zero-order valence-corrected chi connectivity index (χ0v) is 22.5. The Labute approximate surface area is 210 Å². The van der Waals surface area contributed by atoms with E-state index in [4.69, 9.17) is 4.74 Å². The zero-order valence-electron chi connectivity index (χ0n) is 22.5. The molecule has 2 aromatic carbocycles. The first kappa shape index (κ1) is 28.4. The molecule has 35 heavy (non-hydrogen) atoms. The second kappa shape index (κ2) is 11.7. The van der Waals surface area contributed by atoms with E-state index in [1.807, 2.05) is 52.8 Å². The molecule has 0 aliphatic carbocycles. The number of carbonyl (C=O) groups is 2. The number of rotatable bonds is 10. The summed E-state index contributed by atoms with van der Waals surface area (Å²) in [6.45, 7) is 14.3. The minimum absolute atomic E-state index is 0.162. The minimum Gasteiger partial charge on any atom is -0.491 e. The minimum atomic E-state index is -0.557. The number of benzene rings is 2. The average molecular weight is 484 g/mol. The Kier molecular flexibility index (Phi) is 9.50. The molecule has 0 aromatic heterocycles. The fourth-order valence-electron chi connectivity index (χ4n) is 4.30. The van der Waals surface area contributed by atoms with Crippen molar-refractivity contribution in [3.05, 3.63) is 64.2 Å². The molecular formula is C29H41NO5. The quantitative estimate of drug-likeness (QED) is 0.460. The largest absolute Gasteiger partial charge is 0.491 e. The molecule has 0 aliphatic heterocycles. The molecule has 1 atom stereocenters. The molecule has 192 valence electrons. The summed E-state index contributed by atoms with van der Waals surface area (Å²) in [6, 6.07) is 12.2. The van der Waals surface area contributed by atoms with Crippen LogP contribution in [0.15, 0.2) is 36.4 Å². The summed E-state index contributed by atoms with van der Waals surface area (Å²) in [4.78, 5) is 23.9. The summed E-state index contributed by atoms with van der Waals surface area (Å²) in [5.41, 5.74) is 4.27. The van der Waals surface area contributed by atoms with Gasteiger partial charge in [0.15, 0.2) is 0 Å². The molecule has 2 rings (SSSR count). The van der Waals surface area contributed by atoms with Crippen LogP contribution in [0.3, 0.4) is 0 Å². The molecule has 2 N–H and O–H groups in total. The molecule has 0 spiro atoms. The average Bonchev–Trinajstić information content (AvgIpc) is 2.82. The number of carbonyl (C=O) groups excluding carboxylic acids is 2. The molecule has 2 aromatic rings. The first-order chi connectivity index (χ1) is 16.4. The van der Waals surface area contributed by atoms with Gasteiger partial charge in [-0.2, -0.15) is 0 Å². The van der Waals surface area contributed by atoms with Gasteiger partial charge in [0.25, 0.3) is 5.91 Å². The maximum absolute atomic E-state index is 12.6. The van der Waals surface area contributed by atoms with Gasteiger partial charge >= 0.3 is 5.97 Å². The van der Waals surface area contributed by atoms with Gasteiger partial charge in [0.2, 0.25) is 0 Å². The lowest BCUT2D eigenvalue weighted by molar-refractivity contribution is -0.139. The van der Waals surface area contributed by atoms with Crippen LogP contribution >= 0.6 is 0 Å². The van der Waals surface area contributed by atoms with Crippen molar-refractivity contribution < 1.29 is 24.2 Å². The van der Waals surface area contributed by atoms with E-state index in [2.05, 4.69) is 42.1 Å². The van der Waals surface area contributed by atoms with E-state index in [0.717, 1.165) is 35.3 Å². The first-order valence-electron chi connectivity index (χ1n) is 12.3. The summed E-state index contributed by atoms with van der Waals surface area (Å²) in [7, 11) is 1.29. The summed E-state index contributed by atoms with van der Waals surface area (Å²) < 4.78 is 10.5. The van der Waals surface area contributed by atoms with Crippen LogP contribution in [-0.2, 0) is 14.9 Å². The van der Waals surface area contributed by atoms with E-state index in [1.165, 1.54) is 12.7 Å². The number of aliphatic hydroxyl groups is 1. The van der Waals surface area contributed by atoms with Crippen molar-refractivity contribution in [2.45, 2.75) is 72.8 Å². The highest BCUT2D eigenvalue weighted by atomic mass is 16.5. The number of methoxy groups -OCH3 is 1. The van der Waals surface area contributed by atoms with Gasteiger partial charge in [-0.15, -0.1) is 0 Å². The molecule has 0 radical (unpaired) electrons. The predicted molar refractivity (Wildman–Crippen MR) is 139 cm³/mol. The molecule has 0 saturated heterocycles. The van der Waals surface area contributed by atoms with Crippen molar-refractivity contribution in [2.75, 3.05) is 20.3 Å². The Bertz CT molecular complexity index is 1030. The number of esters is 1. The fourth-order valence-corrected chi connectivity index (χ4v) is 4.30. The predicted octanol–water partition coefficient (Wildman–Crippen LogP) is 5.10. The van der Waals surface area contributed by atoms with E-state index in [0.29, 0.717) is 5.56 Å². The van der Waals surface area contributed by atoms with Crippen LogP contribution in [-0.4, -0.2) is 43.3 Å². The second-order valence-electron chi connectivity index (χ2n) is 10.3. The van der Waals surface area contributed by atoms with Crippen molar-refractivity contribution in [3.63, 3.8) is 0 Å². The number of aryl methyl sites for hydroxylation is 2. The van der Waals surface area contributed by atoms with Crippen molar-refractivity contribution in [1.82, 2.24) is 5.32 Å². The third kappa shape index (κ3) is 6.63. The lowest BCUT2D eigenvalue weighted by Gasteiger charge is -2.34. The molecule has 1 amide bonds. The summed E-state index contributed by atoms with van der Waals surface area (Å²) >= 11 is 0. The van der Waals surface area contributed by atoms with Crippen LogP contribution in [0.1, 0.15) is 80.1 Å². The smallest absolute Gasteiger partial charge is 0.325 e. The Morgan fingerprint density at radius 1 is 0.971 bits per heavy atom. The van der Waals surface area contributed by atoms with Gasteiger partial charge in [-0.05, 0) is 66.5 Å². The van der Waals surface area contributed by atoms with E-state index < -0.39 is 12.1 Å². The van der Waals surface area contributed by atoms with Crippen LogP contribution < -0.4 is 10.1 Å². The highest BCUT2D eigenvalue weighted by Crippen LogP contribution is 2.41. The summed E-state index contributed by atoms with van der Waals surface area (Å²) in [6.07, 6.45) is 1.22. The first-order valence-corrected chi connectivity index (χ1v) is 12.3. The van der Waals surface area contributed by atoms with Gasteiger partial charge in [0, 0.05) is 11.0 Å². The molecule has 0 heterocycles. The number of hydrogen-bond acceptors (Lipinski definition) is 5. The lowest BCUT2D eigenvalue weighted by atomic mass is 9.70. The van der Waals surface area contributed by atoms with Gasteiger partial charge < -0.3 is 19.9 Å². The number of hydrogen-bond donors (Lipinski definition) is 2. The monoisotopic (exact) mass is 483 g/mol. The highest BCUT2D eigenvalue weighted by Gasteiger charge is 2.32. The maximum Gasteiger partial charge on any atom is 0.325 e. The summed E-state index contributed by atoms with van der Waals surface area (Å²) in [5, 5.41) is 12.9. The maximum atomic E-state index is 12.6. The molecule has 0 saturated carbocycles. The Hall–Kier alpha value is -2.86. The topological polar surface area (TPSA) is 84.9 Å². The number of aliphatic hydroxyl groups excluding tert-OH is 1. The number of amides is 1. The van der Waals surface area contributed by atoms with Crippen molar-refractivity contribution in [3.8, 4) is 5.75 Å². The summed E-state index contributed by atoms with van der Waals surface area (Å²) in [5.74, 6) is -0.0147. The fraction of sp³-hybridized carbons (Fsp3) is 0.517. The van der Waals surface area contributed by atoms with Gasteiger partial charge in [-0.1, -0.05) is 58.9 Å². The Morgan fingerprint density at radius 2 is 1.54 bits per heavy atom. The van der Waals surface area contributed by atoms with Gasteiger partial charge in [0.1, 0.15) is 18.9 Å². The highest BCUT2D eigenvalue weighted by molar-refractivity contribution is 5.97. The van der Waals surface area contributed by atoms with Crippen molar-refractivity contribution in [2.24, 2.45) is 5.41 Å². The van der Waals surface area contributed by atoms with E-state index in [1.54, 1.807) is 0 Å². The molecule has 6 heteroatoms. The third-order valence-electron chi connectivity index (χ3n) is 6.98. The molecule has 6 nitrogen and oxygen atoms in total. The van der Waals surface area contributed by atoms with Crippen LogP contribution in [0.25, 0.3) is 0 Å². The Morgan fingerprint density at radius 3 is 2.03 bits per heavy atom. The van der Waals surface area contributed by atoms with E-state index in [-0.39, 0.29) is 29.9 Å². The molecular weight excluding hydrogens is 442 g/mol. The SMILES string of the molecule is CCC(CC)(c1ccc(OC[C@@H](O)C(C)(C)C)c(C)c1)c1ccc(C(=O)NCC(=O)OC)c(C)c1. The van der Waals surface area contributed by atoms with E-state index >= 15 is 0 Å². The van der Waals surface area contributed by atoms with Gasteiger partial charge in [0.05, 0.1) is 13.2 Å². The van der Waals surface area contributed by atoms with Gasteiger partial charge in [-0.3, -0.25) is 9.59 Å². The Balaban J connectivity index is 2.33. The third-order valence-corrected chi connectivity index (χ3v) is 6.98.